The standard InChI is InChI=1S/C28H32ClF3N4O6S/c1-5-43(40,41)22-7-6-20(29)13-17(22)16-36-24(37)21-14-19(28(30,31)32)12-18(23(21)33-25(36)38)15-34-8-10-35(11-9-34)26(39)42-27(2,3)4/h6-7,12-14H,5,8-11,15-16H2,1-4H3,(H,33,38). The van der Waals surface area contributed by atoms with Gasteiger partial charge in [0.1, 0.15) is 5.60 Å². The Hall–Kier alpha value is -3.36. The lowest BCUT2D eigenvalue weighted by Gasteiger charge is -2.35. The number of H-pyrrole nitrogens is 1. The third kappa shape index (κ3) is 7.42. The summed E-state index contributed by atoms with van der Waals surface area (Å²) in [6.07, 6.45) is -5.28. The Kier molecular flexibility index (Phi) is 9.06. The molecule has 0 radical (unpaired) electrons. The molecule has 15 heteroatoms. The van der Waals surface area contributed by atoms with Crippen LogP contribution in [0.3, 0.4) is 0 Å². The number of benzene rings is 2. The van der Waals surface area contributed by atoms with E-state index in [9.17, 15) is 36.0 Å². The lowest BCUT2D eigenvalue weighted by molar-refractivity contribution is -0.137. The van der Waals surface area contributed by atoms with E-state index in [2.05, 4.69) is 4.98 Å². The van der Waals surface area contributed by atoms with Crippen molar-refractivity contribution >= 4 is 38.4 Å². The second kappa shape index (κ2) is 12.0. The molecular weight excluding hydrogens is 613 g/mol. The topological polar surface area (TPSA) is 122 Å². The Labute approximate surface area is 250 Å². The normalized spacial score (nSPS) is 15.2. The lowest BCUT2D eigenvalue weighted by Crippen LogP contribution is -2.49. The Bertz CT molecular complexity index is 1770. The Morgan fingerprint density at radius 3 is 2.23 bits per heavy atom. The van der Waals surface area contributed by atoms with Crippen LogP contribution in [-0.4, -0.2) is 71.4 Å². The van der Waals surface area contributed by atoms with Crippen molar-refractivity contribution in [2.24, 2.45) is 0 Å². The number of sulfone groups is 1. The molecule has 2 aromatic carbocycles. The molecule has 0 bridgehead atoms. The van der Waals surface area contributed by atoms with Gasteiger partial charge in [0.2, 0.25) is 0 Å². The summed E-state index contributed by atoms with van der Waals surface area (Å²) < 4.78 is 73.1. The van der Waals surface area contributed by atoms with E-state index in [1.807, 2.05) is 4.90 Å². The smallest absolute Gasteiger partial charge is 0.416 e. The molecule has 0 atom stereocenters. The van der Waals surface area contributed by atoms with Crippen LogP contribution < -0.4 is 11.2 Å². The van der Waals surface area contributed by atoms with Crippen LogP contribution in [0.25, 0.3) is 10.9 Å². The number of halogens is 4. The van der Waals surface area contributed by atoms with E-state index < -0.39 is 51.1 Å². The average Bonchev–Trinajstić information content (AvgIpc) is 2.90. The molecule has 1 aliphatic heterocycles. The maximum Gasteiger partial charge on any atom is 0.416 e. The predicted octanol–water partition coefficient (Wildman–Crippen LogP) is 4.26. The molecule has 3 aromatic rings. The maximum atomic E-state index is 13.9. The van der Waals surface area contributed by atoms with Crippen molar-refractivity contribution in [1.29, 1.82) is 0 Å². The van der Waals surface area contributed by atoms with E-state index in [0.29, 0.717) is 23.7 Å². The first-order valence-corrected chi connectivity index (χ1v) is 15.5. The summed E-state index contributed by atoms with van der Waals surface area (Å²) in [7, 11) is -3.77. The van der Waals surface area contributed by atoms with Crippen LogP contribution in [0.4, 0.5) is 18.0 Å². The highest BCUT2D eigenvalue weighted by Crippen LogP contribution is 2.32. The molecular formula is C28H32ClF3N4O6S. The zero-order valence-electron chi connectivity index (χ0n) is 24.0. The quantitative estimate of drug-likeness (QED) is 0.426. The summed E-state index contributed by atoms with van der Waals surface area (Å²) in [5.41, 5.74) is -3.61. The number of hydrogen-bond acceptors (Lipinski definition) is 7. The number of hydrogen-bond donors (Lipinski definition) is 1. The van der Waals surface area contributed by atoms with Gasteiger partial charge < -0.3 is 14.6 Å². The number of aromatic amines is 1. The molecule has 1 fully saturated rings. The largest absolute Gasteiger partial charge is 0.444 e. The molecule has 0 spiro atoms. The van der Waals surface area contributed by atoms with E-state index in [-0.39, 0.29) is 57.3 Å². The SMILES string of the molecule is CCS(=O)(=O)c1ccc(Cl)cc1Cn1c(=O)[nH]c2c(CN3CCN(C(=O)OC(C)(C)C)CC3)cc(C(F)(F)F)cc2c1=O. The summed E-state index contributed by atoms with van der Waals surface area (Å²) in [6.45, 7) is 7.30. The van der Waals surface area contributed by atoms with Crippen molar-refractivity contribution in [3.63, 3.8) is 0 Å². The van der Waals surface area contributed by atoms with Gasteiger partial charge in [-0.3, -0.25) is 14.3 Å². The first-order chi connectivity index (χ1) is 19.9. The van der Waals surface area contributed by atoms with Crippen molar-refractivity contribution < 1.29 is 31.1 Å². The highest BCUT2D eigenvalue weighted by Gasteiger charge is 2.33. The molecule has 1 N–H and O–H groups in total. The minimum absolute atomic E-state index is 0.0326. The molecule has 1 saturated heterocycles. The van der Waals surface area contributed by atoms with Crippen molar-refractivity contribution in [1.82, 2.24) is 19.4 Å². The van der Waals surface area contributed by atoms with Crippen LogP contribution in [-0.2, 0) is 33.8 Å². The highest BCUT2D eigenvalue weighted by molar-refractivity contribution is 7.91. The van der Waals surface area contributed by atoms with Gasteiger partial charge in [-0.15, -0.1) is 0 Å². The van der Waals surface area contributed by atoms with E-state index in [0.717, 1.165) is 6.07 Å². The molecule has 4 rings (SSSR count). The number of carbonyl (C=O) groups is 1. The van der Waals surface area contributed by atoms with Gasteiger partial charge in [-0.05, 0) is 62.2 Å². The molecule has 10 nitrogen and oxygen atoms in total. The van der Waals surface area contributed by atoms with Gasteiger partial charge in [-0.1, -0.05) is 18.5 Å². The van der Waals surface area contributed by atoms with Gasteiger partial charge in [0.05, 0.1) is 33.7 Å². The second-order valence-corrected chi connectivity index (χ2v) is 14.0. The van der Waals surface area contributed by atoms with Gasteiger partial charge in [0.15, 0.2) is 9.84 Å². The molecule has 1 amide bonds. The summed E-state index contributed by atoms with van der Waals surface area (Å²) in [4.78, 5) is 44.8. The maximum absolute atomic E-state index is 13.9. The van der Waals surface area contributed by atoms with E-state index in [1.165, 1.54) is 30.0 Å². The van der Waals surface area contributed by atoms with Crippen molar-refractivity contribution in [3.05, 3.63) is 72.9 Å². The number of alkyl halides is 3. The highest BCUT2D eigenvalue weighted by atomic mass is 35.5. The van der Waals surface area contributed by atoms with Gasteiger partial charge in [-0.25, -0.2) is 18.0 Å². The lowest BCUT2D eigenvalue weighted by atomic mass is 10.0. The van der Waals surface area contributed by atoms with E-state index in [1.54, 1.807) is 20.8 Å². The number of piperazine rings is 1. The Morgan fingerprint density at radius 1 is 1.00 bits per heavy atom. The summed E-state index contributed by atoms with van der Waals surface area (Å²) in [5.74, 6) is -0.255. The van der Waals surface area contributed by atoms with E-state index in [4.69, 9.17) is 16.3 Å². The number of aromatic nitrogens is 2. The molecule has 2 heterocycles. The number of nitrogens with zero attached hydrogens (tertiary/aromatic N) is 3. The third-order valence-electron chi connectivity index (χ3n) is 6.98. The number of carbonyl (C=O) groups excluding carboxylic acids is 1. The van der Waals surface area contributed by atoms with Crippen LogP contribution in [0.5, 0.6) is 0 Å². The Balaban J connectivity index is 1.73. The fraction of sp³-hybridized carbons (Fsp3) is 0.464. The van der Waals surface area contributed by atoms with Gasteiger partial charge in [-0.2, -0.15) is 13.2 Å². The molecule has 234 valence electrons. The molecule has 43 heavy (non-hydrogen) atoms. The van der Waals surface area contributed by atoms with Gasteiger partial charge in [0.25, 0.3) is 5.56 Å². The zero-order chi connectivity index (χ0) is 31.9. The minimum atomic E-state index is -4.79. The molecule has 0 aliphatic carbocycles. The summed E-state index contributed by atoms with van der Waals surface area (Å²) >= 11 is 6.06. The zero-order valence-corrected chi connectivity index (χ0v) is 25.6. The second-order valence-electron chi connectivity index (χ2n) is 11.3. The molecule has 0 saturated carbocycles. The number of amides is 1. The molecule has 0 unspecified atom stereocenters. The van der Waals surface area contributed by atoms with Crippen LogP contribution >= 0.6 is 11.6 Å². The van der Waals surface area contributed by atoms with Gasteiger partial charge >= 0.3 is 18.0 Å². The first-order valence-electron chi connectivity index (χ1n) is 13.5. The average molecular weight is 645 g/mol. The van der Waals surface area contributed by atoms with Gasteiger partial charge in [0, 0.05) is 37.7 Å². The molecule has 1 aromatic heterocycles. The predicted molar refractivity (Wildman–Crippen MR) is 155 cm³/mol. The number of ether oxygens (including phenoxy) is 1. The minimum Gasteiger partial charge on any atom is -0.444 e. The van der Waals surface area contributed by atoms with Crippen LogP contribution in [0.15, 0.2) is 44.8 Å². The fourth-order valence-electron chi connectivity index (χ4n) is 4.82. The van der Waals surface area contributed by atoms with Crippen LogP contribution in [0.2, 0.25) is 5.02 Å². The number of nitrogens with one attached hydrogen (secondary N) is 1. The number of fused-ring (bicyclic) bond motifs is 1. The summed E-state index contributed by atoms with van der Waals surface area (Å²) in [5, 5.41) is -0.220. The molecule has 1 aliphatic rings. The monoisotopic (exact) mass is 644 g/mol. The van der Waals surface area contributed by atoms with Crippen molar-refractivity contribution in [3.8, 4) is 0 Å². The van der Waals surface area contributed by atoms with Crippen LogP contribution in [0, 0.1) is 0 Å². The van der Waals surface area contributed by atoms with Crippen molar-refractivity contribution in [2.75, 3.05) is 31.9 Å². The van der Waals surface area contributed by atoms with Crippen LogP contribution in [0.1, 0.15) is 44.4 Å². The third-order valence-corrected chi connectivity index (χ3v) is 9.05. The van der Waals surface area contributed by atoms with Crippen molar-refractivity contribution in [2.45, 2.75) is 57.5 Å². The summed E-state index contributed by atoms with van der Waals surface area (Å²) in [6, 6.07) is 5.49. The first kappa shape index (κ1) is 32.6. The number of rotatable bonds is 6. The Morgan fingerprint density at radius 2 is 1.65 bits per heavy atom. The van der Waals surface area contributed by atoms with E-state index >= 15 is 0 Å². The fourth-order valence-corrected chi connectivity index (χ4v) is 6.12.